The van der Waals surface area contributed by atoms with E-state index in [4.69, 9.17) is 5.73 Å². The Hall–Kier alpha value is -2.44. The average Bonchev–Trinajstić information content (AvgIpc) is 2.67. The van der Waals surface area contributed by atoms with Crippen molar-refractivity contribution in [1.29, 1.82) is 0 Å². The number of hydrogen-bond acceptors (Lipinski definition) is 4. The summed E-state index contributed by atoms with van der Waals surface area (Å²) in [5.41, 5.74) is 6.99. The number of aryl methyl sites for hydroxylation is 1. The van der Waals surface area contributed by atoms with Crippen LogP contribution in [0.2, 0.25) is 0 Å². The van der Waals surface area contributed by atoms with Crippen LogP contribution in [0.5, 0.6) is 0 Å². The molecule has 0 amide bonds. The molecule has 0 aliphatic carbocycles. The van der Waals surface area contributed by atoms with Crippen LogP contribution < -0.4 is 5.73 Å². The lowest BCUT2D eigenvalue weighted by molar-refractivity contribution is -0.384. The van der Waals surface area contributed by atoms with Crippen LogP contribution in [0.4, 0.5) is 15.9 Å². The molecule has 0 aliphatic rings. The van der Waals surface area contributed by atoms with Gasteiger partial charge in [0, 0.05) is 18.7 Å². The zero-order valence-corrected chi connectivity index (χ0v) is 11.3. The standard InChI is InChI=1S/C13H15FN4O2/c1-3-4-9-12(16-17(2)13(9)15)10-7-8(14)5-6-11(10)18(19)20/h5-7H,3-4,15H2,1-2H3. The third kappa shape index (κ3) is 2.34. The van der Waals surface area contributed by atoms with Crippen LogP contribution in [-0.2, 0) is 13.5 Å². The van der Waals surface area contributed by atoms with Gasteiger partial charge in [0.05, 0.1) is 10.5 Å². The molecule has 1 aromatic heterocycles. The Bertz CT molecular complexity index is 667. The molecule has 20 heavy (non-hydrogen) atoms. The fourth-order valence-electron chi connectivity index (χ4n) is 2.15. The average molecular weight is 278 g/mol. The number of benzene rings is 1. The highest BCUT2D eigenvalue weighted by Gasteiger charge is 2.23. The number of anilines is 1. The van der Waals surface area contributed by atoms with Gasteiger partial charge in [0.25, 0.3) is 5.69 Å². The zero-order chi connectivity index (χ0) is 14.9. The second-order valence-electron chi connectivity index (χ2n) is 4.50. The van der Waals surface area contributed by atoms with E-state index in [1.807, 2.05) is 6.92 Å². The van der Waals surface area contributed by atoms with Crippen molar-refractivity contribution in [3.63, 3.8) is 0 Å². The molecule has 0 unspecified atom stereocenters. The molecule has 2 N–H and O–H groups in total. The minimum absolute atomic E-state index is 0.158. The lowest BCUT2D eigenvalue weighted by Gasteiger charge is -2.04. The highest BCUT2D eigenvalue weighted by molar-refractivity contribution is 5.76. The van der Waals surface area contributed by atoms with Gasteiger partial charge in [0.2, 0.25) is 0 Å². The number of nitro groups is 1. The molecule has 0 saturated heterocycles. The first kappa shape index (κ1) is 14.0. The van der Waals surface area contributed by atoms with E-state index in [9.17, 15) is 14.5 Å². The summed E-state index contributed by atoms with van der Waals surface area (Å²) in [5, 5.41) is 15.3. The fourth-order valence-corrected chi connectivity index (χ4v) is 2.15. The molecule has 0 bridgehead atoms. The van der Waals surface area contributed by atoms with Gasteiger partial charge in [-0.1, -0.05) is 13.3 Å². The Balaban J connectivity index is 2.70. The molecule has 0 radical (unpaired) electrons. The monoisotopic (exact) mass is 278 g/mol. The molecule has 0 atom stereocenters. The minimum Gasteiger partial charge on any atom is -0.384 e. The smallest absolute Gasteiger partial charge is 0.279 e. The van der Waals surface area contributed by atoms with Gasteiger partial charge in [-0.15, -0.1) is 0 Å². The van der Waals surface area contributed by atoms with Crippen molar-refractivity contribution in [1.82, 2.24) is 9.78 Å². The third-order valence-electron chi connectivity index (χ3n) is 3.10. The van der Waals surface area contributed by atoms with E-state index in [1.54, 1.807) is 7.05 Å². The van der Waals surface area contributed by atoms with Crippen molar-refractivity contribution in [2.45, 2.75) is 19.8 Å². The second kappa shape index (κ2) is 5.28. The highest BCUT2D eigenvalue weighted by atomic mass is 19.1. The fraction of sp³-hybridized carbons (Fsp3) is 0.308. The van der Waals surface area contributed by atoms with E-state index in [1.165, 1.54) is 4.68 Å². The largest absolute Gasteiger partial charge is 0.384 e. The van der Waals surface area contributed by atoms with Crippen LogP contribution in [0.25, 0.3) is 11.3 Å². The van der Waals surface area contributed by atoms with Gasteiger partial charge in [-0.2, -0.15) is 5.10 Å². The molecule has 1 aromatic carbocycles. The number of halogens is 1. The number of nitrogens with zero attached hydrogens (tertiary/aromatic N) is 3. The first-order valence-corrected chi connectivity index (χ1v) is 6.21. The first-order valence-electron chi connectivity index (χ1n) is 6.21. The number of hydrogen-bond donors (Lipinski definition) is 1. The van der Waals surface area contributed by atoms with Crippen molar-refractivity contribution in [3.8, 4) is 11.3 Å². The van der Waals surface area contributed by atoms with Gasteiger partial charge in [-0.3, -0.25) is 14.8 Å². The summed E-state index contributed by atoms with van der Waals surface area (Å²) in [5.74, 6) is -0.0994. The summed E-state index contributed by atoms with van der Waals surface area (Å²) in [7, 11) is 1.66. The summed E-state index contributed by atoms with van der Waals surface area (Å²) in [6.07, 6.45) is 1.44. The van der Waals surface area contributed by atoms with E-state index in [0.29, 0.717) is 23.5 Å². The normalized spacial score (nSPS) is 10.8. The summed E-state index contributed by atoms with van der Waals surface area (Å²) in [4.78, 5) is 10.5. The lowest BCUT2D eigenvalue weighted by atomic mass is 10.0. The van der Waals surface area contributed by atoms with Gasteiger partial charge in [0.1, 0.15) is 17.3 Å². The Kier molecular flexibility index (Phi) is 3.69. The molecule has 1 heterocycles. The number of rotatable bonds is 4. The maximum absolute atomic E-state index is 13.4. The van der Waals surface area contributed by atoms with Crippen LogP contribution in [-0.4, -0.2) is 14.7 Å². The maximum Gasteiger partial charge on any atom is 0.279 e. The Labute approximate surface area is 115 Å². The second-order valence-corrected chi connectivity index (χ2v) is 4.50. The summed E-state index contributed by atoms with van der Waals surface area (Å²) in [6, 6.07) is 3.33. The Morgan fingerprint density at radius 2 is 2.20 bits per heavy atom. The summed E-state index contributed by atoms with van der Waals surface area (Å²) in [6.45, 7) is 1.97. The number of nitrogens with two attached hydrogens (primary N) is 1. The Morgan fingerprint density at radius 3 is 2.80 bits per heavy atom. The molecule has 2 aromatic rings. The van der Waals surface area contributed by atoms with Gasteiger partial charge >= 0.3 is 0 Å². The molecule has 7 heteroatoms. The SMILES string of the molecule is CCCc1c(-c2cc(F)ccc2[N+](=O)[O-])nn(C)c1N. The van der Waals surface area contributed by atoms with Gasteiger partial charge in [-0.05, 0) is 18.6 Å². The molecule has 2 rings (SSSR count). The number of aromatic nitrogens is 2. The Morgan fingerprint density at radius 1 is 1.50 bits per heavy atom. The highest BCUT2D eigenvalue weighted by Crippen LogP contribution is 2.34. The van der Waals surface area contributed by atoms with Crippen LogP contribution >= 0.6 is 0 Å². The van der Waals surface area contributed by atoms with Crippen LogP contribution in [0, 0.1) is 15.9 Å². The number of nitrogen functional groups attached to an aromatic ring is 1. The van der Waals surface area contributed by atoms with Crippen LogP contribution in [0.15, 0.2) is 18.2 Å². The molecule has 0 fully saturated rings. The van der Waals surface area contributed by atoms with Crippen LogP contribution in [0.3, 0.4) is 0 Å². The van der Waals surface area contributed by atoms with Crippen molar-refractivity contribution < 1.29 is 9.31 Å². The maximum atomic E-state index is 13.4. The molecular weight excluding hydrogens is 263 g/mol. The van der Waals surface area contributed by atoms with E-state index in [2.05, 4.69) is 5.10 Å². The molecule has 106 valence electrons. The quantitative estimate of drug-likeness (QED) is 0.688. The third-order valence-corrected chi connectivity index (χ3v) is 3.10. The van der Waals surface area contributed by atoms with Gasteiger partial charge < -0.3 is 5.73 Å². The van der Waals surface area contributed by atoms with Crippen molar-refractivity contribution in [3.05, 3.63) is 39.7 Å². The van der Waals surface area contributed by atoms with Crippen molar-refractivity contribution in [2.24, 2.45) is 7.05 Å². The predicted octanol–water partition coefficient (Wildman–Crippen LogP) is 2.67. The summed E-state index contributed by atoms with van der Waals surface area (Å²) < 4.78 is 14.9. The molecule has 0 saturated carbocycles. The molecular formula is C13H15FN4O2. The van der Waals surface area contributed by atoms with E-state index in [-0.39, 0.29) is 11.3 Å². The van der Waals surface area contributed by atoms with E-state index in [0.717, 1.165) is 24.6 Å². The first-order chi connectivity index (χ1) is 9.45. The van der Waals surface area contributed by atoms with E-state index < -0.39 is 10.7 Å². The topological polar surface area (TPSA) is 87.0 Å². The molecule has 6 nitrogen and oxygen atoms in total. The molecule has 0 aliphatic heterocycles. The van der Waals surface area contributed by atoms with Crippen molar-refractivity contribution >= 4 is 11.5 Å². The lowest BCUT2D eigenvalue weighted by Crippen LogP contribution is -1.99. The van der Waals surface area contributed by atoms with Gasteiger partial charge in [-0.25, -0.2) is 4.39 Å². The van der Waals surface area contributed by atoms with Crippen LogP contribution in [0.1, 0.15) is 18.9 Å². The number of nitro benzene ring substituents is 1. The minimum atomic E-state index is -0.546. The zero-order valence-electron chi connectivity index (χ0n) is 11.3. The van der Waals surface area contributed by atoms with Gasteiger partial charge in [0.15, 0.2) is 0 Å². The predicted molar refractivity (Wildman–Crippen MR) is 73.7 cm³/mol. The molecule has 0 spiro atoms. The van der Waals surface area contributed by atoms with Crippen molar-refractivity contribution in [2.75, 3.05) is 5.73 Å². The van der Waals surface area contributed by atoms with E-state index >= 15 is 0 Å². The summed E-state index contributed by atoms with van der Waals surface area (Å²) >= 11 is 0.